The van der Waals surface area contributed by atoms with Crippen molar-refractivity contribution in [1.82, 2.24) is 4.90 Å². The maximum atomic E-state index is 11.1. The van der Waals surface area contributed by atoms with Crippen molar-refractivity contribution in [2.24, 2.45) is 5.41 Å². The Labute approximate surface area is 227 Å². The molecule has 0 bridgehead atoms. The number of phenols is 1. The molecule has 1 spiro atoms. The predicted octanol–water partition coefficient (Wildman–Crippen LogP) is 6.53. The van der Waals surface area contributed by atoms with Gasteiger partial charge in [-0.3, -0.25) is 4.90 Å². The Kier molecular flexibility index (Phi) is 7.25. The fourth-order valence-corrected chi connectivity index (χ4v) is 7.66. The standard InChI is InChI=1S/C34H40N2O2/c37-23-22-35-19-4-16-34(25-35)17-5-20-36(21-18-34)29-11-8-27(9-12-29)33-31(26-6-2-1-3-7-26)14-10-28-24-30(38)13-15-32(28)33/h1-3,6-9,11-13,15,23-24,31,33,38H,4-5,10,14,16-22,25H2/t31-,33?,34?/m0/s1. The zero-order chi connectivity index (χ0) is 26.0. The van der Waals surface area contributed by atoms with Crippen LogP contribution in [0.3, 0.4) is 0 Å². The molecule has 0 amide bonds. The first-order chi connectivity index (χ1) is 18.6. The van der Waals surface area contributed by atoms with E-state index >= 15 is 0 Å². The number of fused-ring (bicyclic) bond motifs is 1. The maximum Gasteiger partial charge on any atom is 0.133 e. The molecule has 198 valence electrons. The number of piperidine rings is 1. The van der Waals surface area contributed by atoms with E-state index in [4.69, 9.17) is 0 Å². The maximum absolute atomic E-state index is 11.1. The minimum Gasteiger partial charge on any atom is -0.508 e. The van der Waals surface area contributed by atoms with Gasteiger partial charge in [0.15, 0.2) is 0 Å². The van der Waals surface area contributed by atoms with Crippen LogP contribution in [0.25, 0.3) is 0 Å². The average Bonchev–Trinajstić information content (AvgIpc) is 3.15. The monoisotopic (exact) mass is 508 g/mol. The third-order valence-electron chi connectivity index (χ3n) is 9.55. The van der Waals surface area contributed by atoms with Crippen LogP contribution in [-0.2, 0) is 11.2 Å². The number of benzene rings is 3. The number of carbonyl (C=O) groups is 1. The van der Waals surface area contributed by atoms with Crippen molar-refractivity contribution in [3.05, 3.63) is 95.1 Å². The van der Waals surface area contributed by atoms with Gasteiger partial charge in [0, 0.05) is 31.2 Å². The lowest BCUT2D eigenvalue weighted by Crippen LogP contribution is -2.44. The largest absolute Gasteiger partial charge is 0.508 e. The highest BCUT2D eigenvalue weighted by molar-refractivity contribution is 5.53. The summed E-state index contributed by atoms with van der Waals surface area (Å²) in [5.41, 5.74) is 7.08. The van der Waals surface area contributed by atoms with E-state index in [2.05, 4.69) is 70.5 Å². The second-order valence-corrected chi connectivity index (χ2v) is 11.9. The van der Waals surface area contributed by atoms with Gasteiger partial charge in [-0.05, 0) is 109 Å². The van der Waals surface area contributed by atoms with Crippen molar-refractivity contribution in [2.75, 3.05) is 37.6 Å². The van der Waals surface area contributed by atoms with Gasteiger partial charge in [-0.1, -0.05) is 48.5 Å². The van der Waals surface area contributed by atoms with Gasteiger partial charge in [0.1, 0.15) is 12.0 Å². The van der Waals surface area contributed by atoms with Crippen LogP contribution in [0, 0.1) is 5.41 Å². The molecule has 3 aromatic carbocycles. The molecule has 38 heavy (non-hydrogen) atoms. The van der Waals surface area contributed by atoms with Crippen molar-refractivity contribution >= 4 is 12.0 Å². The van der Waals surface area contributed by atoms with Crippen LogP contribution in [0.5, 0.6) is 5.75 Å². The molecule has 2 aliphatic heterocycles. The van der Waals surface area contributed by atoms with E-state index in [0.29, 0.717) is 23.6 Å². The lowest BCUT2D eigenvalue weighted by molar-refractivity contribution is -0.109. The summed E-state index contributed by atoms with van der Waals surface area (Å²) in [6.45, 7) is 4.93. The first kappa shape index (κ1) is 25.2. The molecule has 3 atom stereocenters. The molecule has 0 saturated carbocycles. The third-order valence-corrected chi connectivity index (χ3v) is 9.55. The first-order valence-corrected chi connectivity index (χ1v) is 14.5. The third kappa shape index (κ3) is 5.11. The summed E-state index contributed by atoms with van der Waals surface area (Å²) in [4.78, 5) is 16.1. The molecule has 0 aromatic heterocycles. The molecule has 1 N–H and O–H groups in total. The molecule has 2 unspecified atom stereocenters. The molecule has 4 nitrogen and oxygen atoms in total. The number of rotatable bonds is 5. The van der Waals surface area contributed by atoms with Gasteiger partial charge in [0.2, 0.25) is 0 Å². The summed E-state index contributed by atoms with van der Waals surface area (Å²) < 4.78 is 0. The summed E-state index contributed by atoms with van der Waals surface area (Å²) in [5.74, 6) is 1.08. The highest BCUT2D eigenvalue weighted by Gasteiger charge is 2.37. The molecule has 6 rings (SSSR count). The Morgan fingerprint density at radius 2 is 1.66 bits per heavy atom. The quantitative estimate of drug-likeness (QED) is 0.398. The van der Waals surface area contributed by atoms with Crippen molar-refractivity contribution in [2.45, 2.75) is 56.8 Å². The van der Waals surface area contributed by atoms with Crippen LogP contribution in [0.15, 0.2) is 72.8 Å². The van der Waals surface area contributed by atoms with E-state index in [9.17, 15) is 9.90 Å². The Bertz CT molecular complexity index is 1240. The van der Waals surface area contributed by atoms with Gasteiger partial charge in [-0.2, -0.15) is 0 Å². The number of carbonyl (C=O) groups excluding carboxylic acids is 1. The molecule has 2 saturated heterocycles. The highest BCUT2D eigenvalue weighted by atomic mass is 16.3. The minimum atomic E-state index is 0.286. The van der Waals surface area contributed by atoms with Crippen LogP contribution < -0.4 is 4.90 Å². The number of nitrogens with zero attached hydrogens (tertiary/aromatic N) is 2. The van der Waals surface area contributed by atoms with Gasteiger partial charge in [0.05, 0.1) is 6.54 Å². The zero-order valence-corrected chi connectivity index (χ0v) is 22.4. The second-order valence-electron chi connectivity index (χ2n) is 11.9. The SMILES string of the molecule is O=CCN1CCCC2(CCCN(c3ccc(C4c5ccc(O)cc5CC[C@H]4c4ccccc4)cc3)CC2)C1. The van der Waals surface area contributed by atoms with E-state index < -0.39 is 0 Å². The fourth-order valence-electron chi connectivity index (χ4n) is 7.66. The lowest BCUT2D eigenvalue weighted by atomic mass is 9.69. The molecule has 2 heterocycles. The van der Waals surface area contributed by atoms with Crippen LogP contribution in [-0.4, -0.2) is 49.0 Å². The van der Waals surface area contributed by atoms with Crippen LogP contribution in [0.4, 0.5) is 5.69 Å². The lowest BCUT2D eigenvalue weighted by Gasteiger charge is -2.42. The number of anilines is 1. The summed E-state index contributed by atoms with van der Waals surface area (Å²) >= 11 is 0. The van der Waals surface area contributed by atoms with Crippen molar-refractivity contribution in [3.63, 3.8) is 0 Å². The van der Waals surface area contributed by atoms with E-state index in [1.807, 2.05) is 12.1 Å². The smallest absolute Gasteiger partial charge is 0.133 e. The van der Waals surface area contributed by atoms with Crippen LogP contribution >= 0.6 is 0 Å². The molecular formula is C34H40N2O2. The number of likely N-dealkylation sites (tertiary alicyclic amines) is 1. The Balaban J connectivity index is 1.23. The van der Waals surface area contributed by atoms with Crippen LogP contribution in [0.2, 0.25) is 0 Å². The topological polar surface area (TPSA) is 43.8 Å². The van der Waals surface area contributed by atoms with Crippen molar-refractivity contribution < 1.29 is 9.90 Å². The fraction of sp³-hybridized carbons (Fsp3) is 0.441. The van der Waals surface area contributed by atoms with Gasteiger partial charge in [-0.15, -0.1) is 0 Å². The zero-order valence-electron chi connectivity index (χ0n) is 22.4. The molecule has 3 aromatic rings. The summed E-state index contributed by atoms with van der Waals surface area (Å²) in [6, 6.07) is 26.3. The Morgan fingerprint density at radius 3 is 2.45 bits per heavy atom. The van der Waals surface area contributed by atoms with Crippen LogP contribution in [0.1, 0.15) is 72.6 Å². The molecule has 0 radical (unpaired) electrons. The summed E-state index contributed by atoms with van der Waals surface area (Å²) in [7, 11) is 0. The normalized spacial score (nSPS) is 26.1. The van der Waals surface area contributed by atoms with E-state index in [-0.39, 0.29) is 5.92 Å². The second kappa shape index (κ2) is 10.9. The van der Waals surface area contributed by atoms with Gasteiger partial charge >= 0.3 is 0 Å². The molecule has 1 aliphatic carbocycles. The van der Waals surface area contributed by atoms with Gasteiger partial charge < -0.3 is 14.8 Å². The van der Waals surface area contributed by atoms with E-state index in [1.165, 1.54) is 60.0 Å². The first-order valence-electron chi connectivity index (χ1n) is 14.5. The van der Waals surface area contributed by atoms with Crippen molar-refractivity contribution in [3.8, 4) is 5.75 Å². The molecule has 3 aliphatic rings. The number of aldehydes is 1. The number of aryl methyl sites for hydroxylation is 1. The molecular weight excluding hydrogens is 468 g/mol. The van der Waals surface area contributed by atoms with Crippen molar-refractivity contribution in [1.29, 1.82) is 0 Å². The molecule has 2 fully saturated rings. The number of hydrogen-bond acceptors (Lipinski definition) is 4. The number of phenolic OH excluding ortho intramolecular Hbond substituents is 1. The van der Waals surface area contributed by atoms with E-state index in [0.717, 1.165) is 45.3 Å². The summed E-state index contributed by atoms with van der Waals surface area (Å²) in [6.07, 6.45) is 9.35. The van der Waals surface area contributed by atoms with Gasteiger partial charge in [-0.25, -0.2) is 0 Å². The summed E-state index contributed by atoms with van der Waals surface area (Å²) in [5, 5.41) is 10.1. The Morgan fingerprint density at radius 1 is 0.868 bits per heavy atom. The number of hydrogen-bond donors (Lipinski definition) is 1. The number of aromatic hydroxyl groups is 1. The Hall–Kier alpha value is -3.11. The molecule has 4 heteroatoms. The predicted molar refractivity (Wildman–Crippen MR) is 154 cm³/mol. The van der Waals surface area contributed by atoms with Gasteiger partial charge in [0.25, 0.3) is 0 Å². The average molecular weight is 509 g/mol. The highest BCUT2D eigenvalue weighted by Crippen LogP contribution is 2.47. The van der Waals surface area contributed by atoms with E-state index in [1.54, 1.807) is 0 Å². The minimum absolute atomic E-state index is 0.286.